The summed E-state index contributed by atoms with van der Waals surface area (Å²) in [6.07, 6.45) is -0.810. The molecule has 0 fully saturated rings. The fraction of sp³-hybridized carbons (Fsp3) is 0.0909. The van der Waals surface area contributed by atoms with Crippen LogP contribution in [0.3, 0.4) is 0 Å². The topological polar surface area (TPSA) is 165 Å². The second-order valence-corrected chi connectivity index (χ2v) is 9.37. The van der Waals surface area contributed by atoms with Gasteiger partial charge in [-0.15, -0.1) is 0 Å². The van der Waals surface area contributed by atoms with Crippen LogP contribution < -0.4 is 20.5 Å². The highest BCUT2D eigenvalue weighted by Crippen LogP contribution is 2.37. The summed E-state index contributed by atoms with van der Waals surface area (Å²) in [6, 6.07) is 8.38. The maximum Gasteiger partial charge on any atom is 0.404 e. The number of nitrogens with two attached hydrogens (primary N) is 1. The lowest BCUT2D eigenvalue weighted by molar-refractivity contribution is -0.106. The Morgan fingerprint density at radius 1 is 1.13 bits per heavy atom. The molecule has 5 N–H and O–H groups in total. The summed E-state index contributed by atoms with van der Waals surface area (Å²) >= 11 is 0. The molecule has 16 heteroatoms. The third-order valence-corrected chi connectivity index (χ3v) is 5.97. The van der Waals surface area contributed by atoms with E-state index in [2.05, 4.69) is 25.5 Å². The maximum absolute atomic E-state index is 13.7. The Labute approximate surface area is 212 Å². The van der Waals surface area contributed by atoms with Gasteiger partial charge in [0.1, 0.15) is 22.9 Å². The van der Waals surface area contributed by atoms with Gasteiger partial charge < -0.3 is 15.8 Å². The number of aromatic amines is 1. The number of rotatable bonds is 9. The van der Waals surface area contributed by atoms with Gasteiger partial charge in [0.25, 0.3) is 5.91 Å². The van der Waals surface area contributed by atoms with E-state index in [1.807, 2.05) is 4.72 Å². The largest absolute Gasteiger partial charge is 0.455 e. The zero-order chi connectivity index (χ0) is 27.5. The summed E-state index contributed by atoms with van der Waals surface area (Å²) in [5.41, 5.74) is 5.32. The zero-order valence-electron chi connectivity index (χ0n) is 19.0. The summed E-state index contributed by atoms with van der Waals surface area (Å²) in [5.74, 6) is -3.86. The first kappa shape index (κ1) is 26.3. The molecule has 0 bridgehead atoms. The van der Waals surface area contributed by atoms with E-state index in [1.54, 1.807) is 0 Å². The van der Waals surface area contributed by atoms with Gasteiger partial charge in [0.2, 0.25) is 10.0 Å². The Kier molecular flexibility index (Phi) is 7.16. The SMILES string of the molecule is NC(=O)c1c(Nc2cnccn2)n[nH]c1-c1ccc(NS(=O)(=O)CC(F)(F)F)c(Oc2cccc(F)c2)c1. The fourth-order valence-electron chi connectivity index (χ4n) is 3.29. The van der Waals surface area contributed by atoms with Crippen LogP contribution in [0.5, 0.6) is 11.5 Å². The number of sulfonamides is 1. The molecule has 0 unspecified atom stereocenters. The summed E-state index contributed by atoms with van der Waals surface area (Å²) in [6.45, 7) is 0. The monoisotopic (exact) mass is 551 g/mol. The predicted molar refractivity (Wildman–Crippen MR) is 128 cm³/mol. The number of H-pyrrole nitrogens is 1. The van der Waals surface area contributed by atoms with Crippen molar-refractivity contribution in [2.24, 2.45) is 5.73 Å². The summed E-state index contributed by atoms with van der Waals surface area (Å²) < 4.78 is 83.6. The van der Waals surface area contributed by atoms with Gasteiger partial charge in [0, 0.05) is 24.0 Å². The number of hydrogen-bond donors (Lipinski definition) is 4. The lowest BCUT2D eigenvalue weighted by atomic mass is 10.1. The number of carbonyl (C=O) groups excluding carboxylic acids is 1. The van der Waals surface area contributed by atoms with Crippen LogP contribution in [0.15, 0.2) is 61.1 Å². The first-order valence-corrected chi connectivity index (χ1v) is 12.1. The quantitative estimate of drug-likeness (QED) is 0.227. The molecule has 0 saturated carbocycles. The van der Waals surface area contributed by atoms with E-state index in [0.29, 0.717) is 0 Å². The smallest absolute Gasteiger partial charge is 0.404 e. The minimum Gasteiger partial charge on any atom is -0.455 e. The van der Waals surface area contributed by atoms with Crippen LogP contribution in [0.2, 0.25) is 0 Å². The molecule has 1 amide bonds. The van der Waals surface area contributed by atoms with Crippen LogP contribution in [0.4, 0.5) is 34.9 Å². The molecule has 0 radical (unpaired) electrons. The zero-order valence-corrected chi connectivity index (χ0v) is 19.8. The highest BCUT2D eigenvalue weighted by atomic mass is 32.2. The number of ether oxygens (including phenoxy) is 1. The van der Waals surface area contributed by atoms with E-state index >= 15 is 0 Å². The van der Waals surface area contributed by atoms with Gasteiger partial charge in [-0.3, -0.25) is 19.6 Å². The molecule has 0 saturated heterocycles. The van der Waals surface area contributed by atoms with Crippen LogP contribution in [-0.4, -0.2) is 46.4 Å². The Morgan fingerprint density at radius 3 is 2.58 bits per heavy atom. The molecule has 2 heterocycles. The molecule has 0 aliphatic carbocycles. The van der Waals surface area contributed by atoms with Crippen molar-refractivity contribution in [3.8, 4) is 22.8 Å². The Hall–Kier alpha value is -4.73. The van der Waals surface area contributed by atoms with Crippen LogP contribution in [0.25, 0.3) is 11.3 Å². The van der Waals surface area contributed by atoms with Crippen molar-refractivity contribution in [2.45, 2.75) is 6.18 Å². The van der Waals surface area contributed by atoms with E-state index in [0.717, 1.165) is 18.2 Å². The number of primary amides is 1. The van der Waals surface area contributed by atoms with E-state index in [1.165, 1.54) is 42.9 Å². The highest BCUT2D eigenvalue weighted by Gasteiger charge is 2.35. The maximum atomic E-state index is 13.7. The van der Waals surface area contributed by atoms with Gasteiger partial charge in [0.05, 0.1) is 17.6 Å². The van der Waals surface area contributed by atoms with Crippen molar-refractivity contribution in [3.05, 3.63) is 72.4 Å². The first-order chi connectivity index (χ1) is 17.9. The van der Waals surface area contributed by atoms with Gasteiger partial charge in [-0.2, -0.15) is 18.3 Å². The van der Waals surface area contributed by atoms with Crippen molar-refractivity contribution in [1.29, 1.82) is 0 Å². The third kappa shape index (κ3) is 6.52. The molecule has 4 aromatic rings. The molecule has 0 aliphatic heterocycles. The molecule has 2 aromatic heterocycles. The number of hydrogen-bond acceptors (Lipinski definition) is 8. The van der Waals surface area contributed by atoms with Crippen LogP contribution in [-0.2, 0) is 10.0 Å². The summed E-state index contributed by atoms with van der Waals surface area (Å²) in [5, 5.41) is 9.43. The number of nitrogens with one attached hydrogen (secondary N) is 3. The average Bonchev–Trinajstić information content (AvgIpc) is 3.23. The highest BCUT2D eigenvalue weighted by molar-refractivity contribution is 7.92. The number of benzene rings is 2. The van der Waals surface area contributed by atoms with Crippen molar-refractivity contribution < 1.29 is 35.5 Å². The van der Waals surface area contributed by atoms with Crippen molar-refractivity contribution in [3.63, 3.8) is 0 Å². The van der Waals surface area contributed by atoms with E-state index in [-0.39, 0.29) is 45.6 Å². The van der Waals surface area contributed by atoms with E-state index in [9.17, 15) is 30.8 Å². The molecular weight excluding hydrogens is 534 g/mol. The van der Waals surface area contributed by atoms with Gasteiger partial charge in [-0.1, -0.05) is 12.1 Å². The molecular formula is C22H17F4N7O4S. The number of halogens is 4. The lowest BCUT2D eigenvalue weighted by Gasteiger charge is -2.16. The molecule has 0 spiro atoms. The molecule has 0 atom stereocenters. The van der Waals surface area contributed by atoms with Gasteiger partial charge in [-0.25, -0.2) is 17.8 Å². The molecule has 198 valence electrons. The predicted octanol–water partition coefficient (Wildman–Crippen LogP) is 3.94. The van der Waals surface area contributed by atoms with E-state index in [4.69, 9.17) is 10.5 Å². The summed E-state index contributed by atoms with van der Waals surface area (Å²) in [7, 11) is -4.89. The van der Waals surface area contributed by atoms with Gasteiger partial charge >= 0.3 is 6.18 Å². The normalized spacial score (nSPS) is 11.7. The second kappa shape index (κ2) is 10.3. The molecule has 0 aliphatic rings. The minimum absolute atomic E-state index is 0.00412. The number of aromatic nitrogens is 4. The van der Waals surface area contributed by atoms with Gasteiger partial charge in [0.15, 0.2) is 17.3 Å². The average molecular weight is 551 g/mol. The Balaban J connectivity index is 1.77. The standard InChI is InChI=1S/C22H17F4N7O4S/c23-13-2-1-3-14(9-13)37-16-8-12(4-5-15(16)33-38(35,36)11-22(24,25)26)19-18(20(27)34)21(32-31-19)30-17-10-28-6-7-29-17/h1-10,33H,11H2,(H2,27,34)(H2,29,30,31,32). The lowest BCUT2D eigenvalue weighted by Crippen LogP contribution is -2.28. The minimum atomic E-state index is -5.01. The second-order valence-electron chi connectivity index (χ2n) is 7.65. The Morgan fingerprint density at radius 2 is 1.92 bits per heavy atom. The van der Waals surface area contributed by atoms with Crippen LogP contribution >= 0.6 is 0 Å². The molecule has 11 nitrogen and oxygen atoms in total. The Bertz CT molecular complexity index is 1580. The van der Waals surface area contributed by atoms with Gasteiger partial charge in [-0.05, 0) is 24.3 Å². The first-order valence-electron chi connectivity index (χ1n) is 10.5. The van der Waals surface area contributed by atoms with Crippen molar-refractivity contribution >= 4 is 33.3 Å². The molecule has 2 aromatic carbocycles. The number of alkyl halides is 3. The van der Waals surface area contributed by atoms with Crippen molar-refractivity contribution in [2.75, 3.05) is 15.8 Å². The third-order valence-electron chi connectivity index (χ3n) is 4.74. The van der Waals surface area contributed by atoms with Crippen LogP contribution in [0, 0.1) is 5.82 Å². The van der Waals surface area contributed by atoms with E-state index < -0.39 is 33.7 Å². The van der Waals surface area contributed by atoms with Crippen LogP contribution in [0.1, 0.15) is 10.4 Å². The number of nitrogens with zero attached hydrogens (tertiary/aromatic N) is 3. The van der Waals surface area contributed by atoms with Crippen molar-refractivity contribution in [1.82, 2.24) is 20.2 Å². The fourth-order valence-corrected chi connectivity index (χ4v) is 4.30. The molecule has 38 heavy (non-hydrogen) atoms. The number of carbonyl (C=O) groups is 1. The number of anilines is 3. The number of amides is 1. The molecule has 4 rings (SSSR count). The summed E-state index contributed by atoms with van der Waals surface area (Å²) in [4.78, 5) is 20.2.